The highest BCUT2D eigenvalue weighted by atomic mass is 35.5. The van der Waals surface area contributed by atoms with E-state index < -0.39 is 0 Å². The van der Waals surface area contributed by atoms with E-state index in [-0.39, 0.29) is 11.8 Å². The van der Waals surface area contributed by atoms with Crippen LogP contribution in [0, 0.1) is 5.92 Å². The molecule has 0 radical (unpaired) electrons. The van der Waals surface area contributed by atoms with Gasteiger partial charge >= 0.3 is 0 Å². The second-order valence-electron chi connectivity index (χ2n) is 8.18. The van der Waals surface area contributed by atoms with Crippen molar-refractivity contribution in [2.75, 3.05) is 14.1 Å². The lowest BCUT2D eigenvalue weighted by Gasteiger charge is -2.09. The molecule has 2 heterocycles. The van der Waals surface area contributed by atoms with Crippen molar-refractivity contribution in [2.45, 2.75) is 41.2 Å². The quantitative estimate of drug-likeness (QED) is 0.499. The number of pyridine rings is 1. The maximum atomic E-state index is 12.2. The molecule has 154 valence electrons. The molecule has 0 spiro atoms. The number of nitrogens with zero attached hydrogens (tertiary/aromatic N) is 3. The summed E-state index contributed by atoms with van der Waals surface area (Å²) in [6, 6.07) is 12.1. The van der Waals surface area contributed by atoms with E-state index in [4.69, 9.17) is 21.0 Å². The van der Waals surface area contributed by atoms with Crippen LogP contribution < -0.4 is 0 Å². The lowest BCUT2D eigenvalue weighted by Crippen LogP contribution is -2.23. The molecule has 1 aromatic carbocycles. The Labute approximate surface area is 184 Å². The molecule has 7 heteroatoms. The molecule has 5 nitrogen and oxygen atoms in total. The second-order valence-corrected chi connectivity index (χ2v) is 9.61. The van der Waals surface area contributed by atoms with Crippen molar-refractivity contribution in [3.63, 3.8) is 0 Å². The number of benzene rings is 1. The van der Waals surface area contributed by atoms with E-state index in [2.05, 4.69) is 29.2 Å². The first-order chi connectivity index (χ1) is 14.5. The van der Waals surface area contributed by atoms with E-state index in [9.17, 15) is 4.79 Å². The highest BCUT2D eigenvalue weighted by Gasteiger charge is 2.44. The number of aromatic nitrogens is 2. The van der Waals surface area contributed by atoms with Crippen molar-refractivity contribution in [1.82, 2.24) is 14.9 Å². The molecule has 5 rings (SSSR count). The van der Waals surface area contributed by atoms with E-state index in [1.165, 1.54) is 17.3 Å². The summed E-state index contributed by atoms with van der Waals surface area (Å²) in [4.78, 5) is 23.0. The number of amides is 1. The van der Waals surface area contributed by atoms with Gasteiger partial charge in [-0.25, -0.2) is 9.97 Å². The number of hydrogen-bond acceptors (Lipinski definition) is 5. The highest BCUT2D eigenvalue weighted by Crippen LogP contribution is 2.49. The molecule has 0 aliphatic heterocycles. The summed E-state index contributed by atoms with van der Waals surface area (Å²) >= 11 is 7.42. The largest absolute Gasteiger partial charge is 0.433 e. The first kappa shape index (κ1) is 19.6. The molecule has 1 amide bonds. The van der Waals surface area contributed by atoms with Gasteiger partial charge in [0.2, 0.25) is 5.91 Å². The van der Waals surface area contributed by atoms with Gasteiger partial charge in [-0.3, -0.25) is 4.79 Å². The predicted octanol–water partition coefficient (Wildman–Crippen LogP) is 5.61. The molecule has 2 saturated carbocycles. The minimum Gasteiger partial charge on any atom is -0.433 e. The summed E-state index contributed by atoms with van der Waals surface area (Å²) in [5.41, 5.74) is 3.07. The van der Waals surface area contributed by atoms with E-state index >= 15 is 0 Å². The Hall–Kier alpha value is -2.31. The van der Waals surface area contributed by atoms with E-state index in [0.29, 0.717) is 16.9 Å². The summed E-state index contributed by atoms with van der Waals surface area (Å²) in [6.45, 7) is 0. The van der Waals surface area contributed by atoms with Crippen LogP contribution in [-0.4, -0.2) is 34.9 Å². The zero-order valence-corrected chi connectivity index (χ0v) is 18.4. The molecule has 0 unspecified atom stereocenters. The number of halogens is 1. The maximum absolute atomic E-state index is 12.2. The third-order valence-electron chi connectivity index (χ3n) is 5.60. The average molecular weight is 440 g/mol. The summed E-state index contributed by atoms with van der Waals surface area (Å²) in [5, 5.41) is 2.18. The number of hydrogen-bond donors (Lipinski definition) is 0. The van der Waals surface area contributed by atoms with Crippen molar-refractivity contribution in [1.29, 1.82) is 0 Å². The molecular formula is C23H22ClN3O2S. The minimum absolute atomic E-state index is 0.112. The van der Waals surface area contributed by atoms with Crippen LogP contribution in [0.2, 0.25) is 5.02 Å². The van der Waals surface area contributed by atoms with E-state index in [1.54, 1.807) is 11.1 Å². The molecule has 3 aromatic rings. The molecule has 0 N–H and O–H groups in total. The molecule has 2 aliphatic rings. The SMILES string of the molecule is CN(C)C(=O)[C@H]1C[C@@H]1c1ccc(-c2nc(C3CC3)oc2Sc2ccc(Cl)cn2)cc1. The highest BCUT2D eigenvalue weighted by molar-refractivity contribution is 7.99. The number of carbonyl (C=O) groups is 1. The predicted molar refractivity (Wildman–Crippen MR) is 117 cm³/mol. The fraction of sp³-hybridized carbons (Fsp3) is 0.348. The number of carbonyl (C=O) groups excluding carboxylic acids is 1. The first-order valence-corrected chi connectivity index (χ1v) is 11.3. The van der Waals surface area contributed by atoms with Crippen molar-refractivity contribution in [3.8, 4) is 11.3 Å². The Morgan fingerprint density at radius 3 is 2.57 bits per heavy atom. The average Bonchev–Trinajstić information content (AvgIpc) is 3.67. The van der Waals surface area contributed by atoms with Gasteiger partial charge in [-0.15, -0.1) is 0 Å². The number of rotatable bonds is 6. The molecular weight excluding hydrogens is 418 g/mol. The zero-order valence-electron chi connectivity index (χ0n) is 16.8. The van der Waals surface area contributed by atoms with E-state index in [0.717, 1.165) is 46.5 Å². The Morgan fingerprint density at radius 1 is 1.17 bits per heavy atom. The van der Waals surface area contributed by atoms with Crippen LogP contribution in [-0.2, 0) is 4.79 Å². The molecule has 30 heavy (non-hydrogen) atoms. The van der Waals surface area contributed by atoms with Crippen molar-refractivity contribution >= 4 is 29.3 Å². The molecule has 0 saturated heterocycles. The van der Waals surface area contributed by atoms with Crippen LogP contribution in [0.1, 0.15) is 42.6 Å². The lowest BCUT2D eigenvalue weighted by atomic mass is 10.1. The summed E-state index contributed by atoms with van der Waals surface area (Å²) in [6.07, 6.45) is 4.82. The van der Waals surface area contributed by atoms with Crippen LogP contribution in [0.4, 0.5) is 0 Å². The summed E-state index contributed by atoms with van der Waals surface area (Å²) in [5.74, 6) is 1.88. The first-order valence-electron chi connectivity index (χ1n) is 10.1. The molecule has 2 aliphatic carbocycles. The van der Waals surface area contributed by atoms with Gasteiger partial charge in [0.05, 0.1) is 5.02 Å². The van der Waals surface area contributed by atoms with Gasteiger partial charge in [0.1, 0.15) is 10.7 Å². The van der Waals surface area contributed by atoms with Gasteiger partial charge in [-0.2, -0.15) is 0 Å². The van der Waals surface area contributed by atoms with Gasteiger partial charge in [0.15, 0.2) is 11.0 Å². The van der Waals surface area contributed by atoms with Gasteiger partial charge in [0.25, 0.3) is 0 Å². The van der Waals surface area contributed by atoms with Crippen LogP contribution in [0.25, 0.3) is 11.3 Å². The number of oxazole rings is 1. The fourth-order valence-electron chi connectivity index (χ4n) is 3.65. The van der Waals surface area contributed by atoms with Crippen LogP contribution in [0.15, 0.2) is 57.1 Å². The summed E-state index contributed by atoms with van der Waals surface area (Å²) < 4.78 is 6.12. The van der Waals surface area contributed by atoms with Crippen molar-refractivity contribution in [2.24, 2.45) is 5.92 Å². The van der Waals surface area contributed by atoms with Crippen molar-refractivity contribution in [3.05, 3.63) is 59.1 Å². The molecule has 2 fully saturated rings. The molecule has 0 bridgehead atoms. The molecule has 2 atom stereocenters. The smallest absolute Gasteiger partial charge is 0.225 e. The zero-order chi connectivity index (χ0) is 20.8. The summed E-state index contributed by atoms with van der Waals surface area (Å²) in [7, 11) is 3.63. The lowest BCUT2D eigenvalue weighted by molar-refractivity contribution is -0.130. The Bertz CT molecular complexity index is 1070. The normalized spacial score (nSPS) is 20.2. The van der Waals surface area contributed by atoms with Gasteiger partial charge in [-0.05, 0) is 54.6 Å². The van der Waals surface area contributed by atoms with Crippen LogP contribution >= 0.6 is 23.4 Å². The maximum Gasteiger partial charge on any atom is 0.225 e. The third-order valence-corrected chi connectivity index (χ3v) is 6.73. The van der Waals surface area contributed by atoms with Crippen LogP contribution in [0.3, 0.4) is 0 Å². The third kappa shape index (κ3) is 3.98. The topological polar surface area (TPSA) is 59.2 Å². The minimum atomic E-state index is 0.112. The van der Waals surface area contributed by atoms with Crippen LogP contribution in [0.5, 0.6) is 0 Å². The standard InChI is InChI=1S/C23H22ClN3O2S/c1-27(2)22(28)18-11-17(18)13-3-5-14(6-4-13)20-23(29-21(26-20)15-7-8-15)30-19-10-9-16(24)12-25-19/h3-6,9-10,12,15,17-18H,7-8,11H2,1-2H3/t17-,18+/m1/s1. The Morgan fingerprint density at radius 2 is 1.93 bits per heavy atom. The van der Waals surface area contributed by atoms with Crippen molar-refractivity contribution < 1.29 is 9.21 Å². The van der Waals surface area contributed by atoms with Gasteiger partial charge in [0, 0.05) is 37.7 Å². The Kier molecular flexibility index (Phi) is 5.07. The van der Waals surface area contributed by atoms with Gasteiger partial charge < -0.3 is 9.32 Å². The monoisotopic (exact) mass is 439 g/mol. The second kappa shape index (κ2) is 7.75. The Balaban J connectivity index is 1.39. The molecule has 2 aromatic heterocycles. The van der Waals surface area contributed by atoms with E-state index in [1.807, 2.05) is 26.2 Å². The fourth-order valence-corrected chi connectivity index (χ4v) is 4.58. The van der Waals surface area contributed by atoms with Gasteiger partial charge in [-0.1, -0.05) is 35.9 Å².